The quantitative estimate of drug-likeness (QED) is 0.135. The molecule has 0 fully saturated rings. The Morgan fingerprint density at radius 2 is 0.825 bits per heavy atom. The fraction of sp³-hybridized carbons (Fsp3) is 0.162. The van der Waals surface area contributed by atoms with Gasteiger partial charge in [0.05, 0.1) is 0 Å². The summed E-state index contributed by atoms with van der Waals surface area (Å²) < 4.78 is 1.46. The maximum atomic E-state index is 2.40. The Bertz CT molecular complexity index is 1470. The first-order valence-corrected chi connectivity index (χ1v) is 22.3. The Kier molecular flexibility index (Phi) is 10.1. The number of rotatable bonds is 4. The number of hydrogen-bond donors (Lipinski definition) is 0. The molecule has 0 unspecified atom stereocenters. The van der Waals surface area contributed by atoms with E-state index < -0.39 is 16.1 Å². The Morgan fingerprint density at radius 3 is 1.15 bits per heavy atom. The van der Waals surface area contributed by atoms with Gasteiger partial charge >= 0.3 is 153 Å². The third kappa shape index (κ3) is 8.16. The molecule has 0 saturated heterocycles. The summed E-state index contributed by atoms with van der Waals surface area (Å²) >= 11 is 1.48. The van der Waals surface area contributed by atoms with Crippen LogP contribution in [0.3, 0.4) is 0 Å². The normalized spacial score (nSPS) is 11.4. The third-order valence-electron chi connectivity index (χ3n) is 7.17. The van der Waals surface area contributed by atoms with Crippen molar-refractivity contribution in [1.29, 1.82) is 0 Å². The van der Waals surface area contributed by atoms with Crippen molar-refractivity contribution in [3.63, 3.8) is 0 Å². The van der Waals surface area contributed by atoms with Gasteiger partial charge in [-0.1, -0.05) is 12.1 Å². The second kappa shape index (κ2) is 13.3. The van der Waals surface area contributed by atoms with Gasteiger partial charge in [0.15, 0.2) is 0 Å². The van der Waals surface area contributed by atoms with Gasteiger partial charge in [0, 0.05) is 0 Å². The molecule has 0 aliphatic carbocycles. The molecular weight excluding hydrogens is 592 g/mol. The minimum absolute atomic E-state index is 1.20. The average Bonchev–Trinajstić information content (AvgIpc) is 3.62. The molecule has 40 heavy (non-hydrogen) atoms. The van der Waals surface area contributed by atoms with Crippen LogP contribution in [-0.2, 0) is 24.2 Å². The van der Waals surface area contributed by atoms with E-state index in [9.17, 15) is 0 Å². The first-order valence-electron chi connectivity index (χ1n) is 14.0. The molecule has 0 aliphatic rings. The van der Waals surface area contributed by atoms with Crippen molar-refractivity contribution in [3.05, 3.63) is 145 Å². The molecule has 0 atom stereocenters. The van der Waals surface area contributed by atoms with Crippen molar-refractivity contribution in [3.8, 4) is 0 Å². The van der Waals surface area contributed by atoms with Gasteiger partial charge in [0.1, 0.15) is 0 Å². The predicted octanol–water partition coefficient (Wildman–Crippen LogP) is 9.01. The van der Waals surface area contributed by atoms with Gasteiger partial charge in [-0.25, -0.2) is 0 Å². The third-order valence-corrected chi connectivity index (χ3v) is 12.7. The minimum atomic E-state index is -1.20. The van der Waals surface area contributed by atoms with Crippen LogP contribution in [0.25, 0.3) is 21.5 Å². The largest absolute Gasteiger partial charge is 0.168 e. The number of hydrogen-bond acceptors (Lipinski definition) is 0. The topological polar surface area (TPSA) is 0 Å². The van der Waals surface area contributed by atoms with E-state index in [4.69, 9.17) is 0 Å². The van der Waals surface area contributed by atoms with E-state index in [1.807, 2.05) is 0 Å². The molecule has 0 spiro atoms. The number of fused-ring (bicyclic) bond motifs is 2. The standard InChI is InChI=1S/C19H26Si2.2C9H7.Zr/c1-20(2,3)18-11-7-16(8-12-18)15-17-9-13-19(14-10-17)21(4,5)6;2*1-2-5-9-7-3-6-8(9)4-1;/h7-14H,1-6H3;2*1-7H;/q;2*-1;+2. The summed E-state index contributed by atoms with van der Waals surface area (Å²) in [6, 6.07) is 47.9. The van der Waals surface area contributed by atoms with Crippen LogP contribution in [0.1, 0.15) is 11.1 Å². The van der Waals surface area contributed by atoms with Gasteiger partial charge in [-0.3, -0.25) is 0 Å². The fourth-order valence-electron chi connectivity index (χ4n) is 4.58. The molecule has 6 aromatic rings. The van der Waals surface area contributed by atoms with Gasteiger partial charge in [0.2, 0.25) is 0 Å². The summed E-state index contributed by atoms with van der Waals surface area (Å²) in [7, 11) is -2.39. The van der Waals surface area contributed by atoms with Crippen LogP contribution in [0.5, 0.6) is 0 Å². The molecule has 0 aromatic heterocycles. The van der Waals surface area contributed by atoms with E-state index in [2.05, 4.69) is 173 Å². The molecule has 0 N–H and O–H groups in total. The molecule has 3 heteroatoms. The summed E-state index contributed by atoms with van der Waals surface area (Å²) in [6.07, 6.45) is 0. The zero-order valence-corrected chi connectivity index (χ0v) is 29.2. The van der Waals surface area contributed by atoms with Gasteiger partial charge in [-0.05, 0) is 0 Å². The van der Waals surface area contributed by atoms with Crippen LogP contribution in [0, 0.1) is 0 Å². The molecule has 0 saturated carbocycles. The maximum Gasteiger partial charge on any atom is -0.0809 e. The van der Waals surface area contributed by atoms with Gasteiger partial charge in [-0.2, -0.15) is 35.0 Å². The molecule has 0 bridgehead atoms. The van der Waals surface area contributed by atoms with E-state index >= 15 is 0 Å². The predicted molar refractivity (Wildman–Crippen MR) is 181 cm³/mol. The van der Waals surface area contributed by atoms with Crippen LogP contribution in [0.2, 0.25) is 39.3 Å². The summed E-state index contributed by atoms with van der Waals surface area (Å²) in [4.78, 5) is 0. The van der Waals surface area contributed by atoms with Crippen molar-refractivity contribution >= 4 is 51.3 Å². The Labute approximate surface area is 257 Å². The van der Waals surface area contributed by atoms with Gasteiger partial charge in [-0.15, -0.1) is 59.3 Å². The molecule has 200 valence electrons. The first kappa shape index (κ1) is 30.3. The van der Waals surface area contributed by atoms with E-state index in [0.29, 0.717) is 0 Å². The maximum absolute atomic E-state index is 2.40. The average molecular weight is 632 g/mol. The zero-order chi connectivity index (χ0) is 28.8. The van der Waals surface area contributed by atoms with E-state index in [1.54, 1.807) is 0 Å². The molecule has 0 nitrogen and oxygen atoms in total. The first-order chi connectivity index (χ1) is 19.0. The molecule has 0 amide bonds. The number of benzene rings is 4. The fourth-order valence-corrected chi connectivity index (χ4v) is 7.73. The van der Waals surface area contributed by atoms with E-state index in [0.717, 1.165) is 0 Å². The van der Waals surface area contributed by atoms with Crippen molar-refractivity contribution < 1.29 is 24.2 Å². The van der Waals surface area contributed by atoms with Crippen LogP contribution < -0.4 is 10.4 Å². The summed E-state index contributed by atoms with van der Waals surface area (Å²) in [5, 5.41) is 8.40. The SMILES string of the molecule is C[Si](C)(C)c1ccc([C](=[Zr+2])c2ccc([Si](C)(C)C)cc2)cc1.c1ccc2[cH-]ccc2c1.c1ccc2[cH-]ccc2c1. The Hall–Kier alpha value is -2.71. The van der Waals surface area contributed by atoms with Crippen LogP contribution in [0.4, 0.5) is 0 Å². The minimum Gasteiger partial charge on any atom is -0.168 e. The van der Waals surface area contributed by atoms with Crippen molar-refractivity contribution in [2.45, 2.75) is 39.3 Å². The van der Waals surface area contributed by atoms with Crippen LogP contribution in [0.15, 0.2) is 133 Å². The second-order valence-corrected chi connectivity index (χ2v) is 23.7. The van der Waals surface area contributed by atoms with Crippen molar-refractivity contribution in [1.82, 2.24) is 0 Å². The van der Waals surface area contributed by atoms with Gasteiger partial charge in [0.25, 0.3) is 0 Å². The molecular formula is C37H40Si2Zr. The Morgan fingerprint density at radius 1 is 0.475 bits per heavy atom. The molecule has 0 aliphatic heterocycles. The van der Waals surface area contributed by atoms with Crippen molar-refractivity contribution in [2.24, 2.45) is 0 Å². The molecule has 0 radical (unpaired) electrons. The molecule has 6 aromatic carbocycles. The molecule has 6 rings (SSSR count). The van der Waals surface area contributed by atoms with Gasteiger partial charge < -0.3 is 0 Å². The van der Waals surface area contributed by atoms with E-state index in [1.165, 1.54) is 70.5 Å². The summed E-state index contributed by atoms with van der Waals surface area (Å²) in [5.41, 5.74) is 2.75. The second-order valence-electron chi connectivity index (χ2n) is 12.3. The Balaban J connectivity index is 0.000000165. The summed E-state index contributed by atoms with van der Waals surface area (Å²) in [6.45, 7) is 14.4. The van der Waals surface area contributed by atoms with Crippen LogP contribution in [-0.4, -0.2) is 19.4 Å². The van der Waals surface area contributed by atoms with E-state index in [-0.39, 0.29) is 0 Å². The smallest absolute Gasteiger partial charge is 0.0809 e. The summed E-state index contributed by atoms with van der Waals surface area (Å²) in [5.74, 6) is 0. The van der Waals surface area contributed by atoms with Crippen LogP contribution >= 0.6 is 0 Å². The monoisotopic (exact) mass is 630 g/mol. The zero-order valence-electron chi connectivity index (χ0n) is 24.7. The van der Waals surface area contributed by atoms with Crippen molar-refractivity contribution in [2.75, 3.05) is 0 Å². The molecule has 0 heterocycles.